The van der Waals surface area contributed by atoms with Gasteiger partial charge in [-0.05, 0) is 51.4 Å². The number of ketones is 1. The van der Waals surface area contributed by atoms with E-state index in [9.17, 15) is 43.7 Å². The standard InChI is InChI=1S/C44H80O16P2/c1-3-5-7-8-9-10-11-12-13-14-15-16-17-18-24-28-44(50)60-38(35-59-62(54,55)58-33-37(46)32-57-61(51,52)53)34-56-43(49)27-23-20-19-22-26-39-40(42(48)31-41(39)47)30-29-36(45)25-21-6-4-2/h10-11,29-30,36-40,42,45-46,48H,3-9,12-28,31-35H2,1-2H3,(H,54,55)(H2,51,52,53)/b11-10-,30-29+/t36-,37-,38+,39+,40+,42+/m0/s1. The van der Waals surface area contributed by atoms with Crippen LogP contribution in [0.3, 0.4) is 0 Å². The number of rotatable bonds is 40. The summed E-state index contributed by atoms with van der Waals surface area (Å²) in [6.45, 7) is 1.38. The van der Waals surface area contributed by atoms with Gasteiger partial charge < -0.3 is 39.5 Å². The summed E-state index contributed by atoms with van der Waals surface area (Å²) in [5.74, 6) is -1.83. The molecule has 0 radical (unpaired) electrons. The molecule has 362 valence electrons. The first-order valence-corrected chi connectivity index (χ1v) is 26.2. The van der Waals surface area contributed by atoms with Crippen LogP contribution in [0, 0.1) is 11.8 Å². The summed E-state index contributed by atoms with van der Waals surface area (Å²) in [7, 11) is -9.76. The smallest absolute Gasteiger partial charge is 0.462 e. The predicted molar refractivity (Wildman–Crippen MR) is 236 cm³/mol. The minimum atomic E-state index is -4.89. The normalized spacial score (nSPS) is 19.5. The number of unbranched alkanes of at least 4 members (excludes halogenated alkanes) is 16. The number of hydrogen-bond acceptors (Lipinski definition) is 13. The number of Topliss-reactive ketones (excluding diaryl/α,β-unsaturated/α-hetero) is 1. The van der Waals surface area contributed by atoms with E-state index in [1.165, 1.54) is 25.7 Å². The van der Waals surface area contributed by atoms with Crippen molar-refractivity contribution in [2.75, 3.05) is 26.4 Å². The number of carbonyl (C=O) groups is 3. The fraction of sp³-hybridized carbons (Fsp3) is 0.841. The lowest BCUT2D eigenvalue weighted by molar-refractivity contribution is -0.161. The van der Waals surface area contributed by atoms with Crippen molar-refractivity contribution in [2.24, 2.45) is 11.8 Å². The molecule has 0 heterocycles. The van der Waals surface area contributed by atoms with Gasteiger partial charge in [0, 0.05) is 31.1 Å². The van der Waals surface area contributed by atoms with Crippen LogP contribution in [0.4, 0.5) is 0 Å². The molecule has 1 rings (SSSR count). The summed E-state index contributed by atoms with van der Waals surface area (Å²) >= 11 is 0. The van der Waals surface area contributed by atoms with Gasteiger partial charge in [0.25, 0.3) is 0 Å². The average Bonchev–Trinajstić information content (AvgIpc) is 3.49. The molecule has 1 aliphatic rings. The third-order valence-electron chi connectivity index (χ3n) is 10.7. The number of carbonyl (C=O) groups excluding carboxylic acids is 3. The van der Waals surface area contributed by atoms with E-state index >= 15 is 0 Å². The molecule has 7 atom stereocenters. The molecule has 62 heavy (non-hydrogen) atoms. The molecule has 18 heteroatoms. The second kappa shape index (κ2) is 35.5. The molecule has 0 aromatic heterocycles. The lowest BCUT2D eigenvalue weighted by atomic mass is 9.88. The Bertz CT molecular complexity index is 1350. The lowest BCUT2D eigenvalue weighted by Crippen LogP contribution is -2.30. The van der Waals surface area contributed by atoms with Crippen molar-refractivity contribution in [1.82, 2.24) is 0 Å². The highest BCUT2D eigenvalue weighted by molar-refractivity contribution is 7.47. The van der Waals surface area contributed by atoms with Gasteiger partial charge >= 0.3 is 27.6 Å². The Kier molecular flexibility index (Phi) is 33.3. The van der Waals surface area contributed by atoms with Crippen LogP contribution in [0.1, 0.15) is 174 Å². The molecular formula is C44H80O16P2. The van der Waals surface area contributed by atoms with Gasteiger partial charge in [-0.25, -0.2) is 9.13 Å². The van der Waals surface area contributed by atoms with Gasteiger partial charge in [-0.1, -0.05) is 128 Å². The van der Waals surface area contributed by atoms with Crippen molar-refractivity contribution in [3.8, 4) is 0 Å². The highest BCUT2D eigenvalue weighted by Crippen LogP contribution is 2.44. The Morgan fingerprint density at radius 2 is 1.23 bits per heavy atom. The first kappa shape index (κ1) is 58.2. The molecule has 1 unspecified atom stereocenters. The fourth-order valence-corrected chi connectivity index (χ4v) is 8.28. The van der Waals surface area contributed by atoms with E-state index in [0.717, 1.165) is 77.0 Å². The number of hydrogen-bond donors (Lipinski definition) is 6. The molecule has 0 aromatic rings. The summed E-state index contributed by atoms with van der Waals surface area (Å²) < 4.78 is 47.8. The van der Waals surface area contributed by atoms with Crippen LogP contribution in [0.5, 0.6) is 0 Å². The molecule has 0 aromatic carbocycles. The molecular weight excluding hydrogens is 846 g/mol. The molecule has 1 aliphatic carbocycles. The zero-order valence-electron chi connectivity index (χ0n) is 37.4. The fourth-order valence-electron chi connectivity index (χ4n) is 7.12. The SMILES string of the molecule is CCCCCC/C=C\CCCCCCCCCC(=O)O[C@H](COC(=O)CCCCCC[C@H]1C(=O)C[C@@H](O)[C@@H]1/C=C/[C@@H](O)CCCCC)COP(=O)(O)OC[C@@H](O)COP(=O)(O)O. The second-order valence-electron chi connectivity index (χ2n) is 16.5. The van der Waals surface area contributed by atoms with Gasteiger partial charge in [0.05, 0.1) is 32.0 Å². The quantitative estimate of drug-likeness (QED) is 0.0146. The van der Waals surface area contributed by atoms with Gasteiger partial charge in [0.15, 0.2) is 6.10 Å². The largest absolute Gasteiger partial charge is 0.472 e. The van der Waals surface area contributed by atoms with Crippen molar-refractivity contribution in [3.63, 3.8) is 0 Å². The number of esters is 2. The summed E-state index contributed by atoms with van der Waals surface area (Å²) in [5, 5.41) is 30.5. The summed E-state index contributed by atoms with van der Waals surface area (Å²) in [5.41, 5.74) is 0. The number of phosphoric acid groups is 2. The minimum Gasteiger partial charge on any atom is -0.462 e. The molecule has 1 saturated carbocycles. The van der Waals surface area contributed by atoms with Gasteiger partial charge in [0.2, 0.25) is 0 Å². The van der Waals surface area contributed by atoms with Crippen LogP contribution in [0.15, 0.2) is 24.3 Å². The van der Waals surface area contributed by atoms with E-state index in [4.69, 9.17) is 23.8 Å². The number of aliphatic hydroxyl groups is 3. The maximum atomic E-state index is 12.7. The molecule has 0 aliphatic heterocycles. The van der Waals surface area contributed by atoms with E-state index in [1.807, 2.05) is 0 Å². The van der Waals surface area contributed by atoms with E-state index in [1.54, 1.807) is 12.2 Å². The van der Waals surface area contributed by atoms with Crippen LogP contribution >= 0.6 is 15.6 Å². The Hall–Kier alpha value is -1.81. The van der Waals surface area contributed by atoms with Gasteiger partial charge in [0.1, 0.15) is 18.5 Å². The topological polar surface area (TPSA) is 253 Å². The van der Waals surface area contributed by atoms with Crippen LogP contribution in [-0.4, -0.2) is 98.6 Å². The van der Waals surface area contributed by atoms with Crippen molar-refractivity contribution < 1.29 is 76.6 Å². The molecule has 0 bridgehead atoms. The van der Waals surface area contributed by atoms with Crippen LogP contribution in [-0.2, 0) is 46.6 Å². The summed E-state index contributed by atoms with van der Waals surface area (Å²) in [6.07, 6.45) is 25.0. The van der Waals surface area contributed by atoms with Gasteiger partial charge in [-0.3, -0.25) is 28.0 Å². The van der Waals surface area contributed by atoms with Gasteiger partial charge in [-0.15, -0.1) is 0 Å². The first-order chi connectivity index (χ1) is 29.6. The zero-order chi connectivity index (χ0) is 46.1. The van der Waals surface area contributed by atoms with Crippen LogP contribution < -0.4 is 0 Å². The number of phosphoric ester groups is 2. The Balaban J connectivity index is 2.52. The number of allylic oxidation sites excluding steroid dienone is 2. The van der Waals surface area contributed by atoms with Crippen LogP contribution in [0.25, 0.3) is 0 Å². The van der Waals surface area contributed by atoms with E-state index in [-0.39, 0.29) is 36.9 Å². The molecule has 0 spiro atoms. The molecule has 0 amide bonds. The maximum Gasteiger partial charge on any atom is 0.472 e. The molecule has 1 fully saturated rings. The monoisotopic (exact) mass is 926 g/mol. The third kappa shape index (κ3) is 31.9. The molecule has 16 nitrogen and oxygen atoms in total. The van der Waals surface area contributed by atoms with Crippen molar-refractivity contribution in [3.05, 3.63) is 24.3 Å². The van der Waals surface area contributed by atoms with Crippen molar-refractivity contribution >= 4 is 33.4 Å². The maximum absolute atomic E-state index is 12.7. The van der Waals surface area contributed by atoms with E-state index in [0.29, 0.717) is 38.5 Å². The Labute approximate surface area is 370 Å². The number of aliphatic hydroxyl groups excluding tert-OH is 3. The number of ether oxygens (including phenoxy) is 2. The van der Waals surface area contributed by atoms with E-state index in [2.05, 4.69) is 35.0 Å². The molecule has 0 saturated heterocycles. The predicted octanol–water partition coefficient (Wildman–Crippen LogP) is 8.49. The third-order valence-corrected chi connectivity index (χ3v) is 12.1. The molecule has 6 N–H and O–H groups in total. The van der Waals surface area contributed by atoms with Gasteiger partial charge in [-0.2, -0.15) is 0 Å². The highest BCUT2D eigenvalue weighted by atomic mass is 31.2. The highest BCUT2D eigenvalue weighted by Gasteiger charge is 2.39. The average molecular weight is 927 g/mol. The minimum absolute atomic E-state index is 0.0120. The summed E-state index contributed by atoms with van der Waals surface area (Å²) in [4.78, 5) is 65.6. The van der Waals surface area contributed by atoms with Crippen LogP contribution in [0.2, 0.25) is 0 Å². The van der Waals surface area contributed by atoms with E-state index < -0.39 is 78.4 Å². The lowest BCUT2D eigenvalue weighted by Gasteiger charge is -2.20. The second-order valence-corrected chi connectivity index (χ2v) is 19.1. The summed E-state index contributed by atoms with van der Waals surface area (Å²) in [6, 6.07) is 0. The zero-order valence-corrected chi connectivity index (χ0v) is 39.2. The first-order valence-electron chi connectivity index (χ1n) is 23.1. The van der Waals surface area contributed by atoms with Crippen molar-refractivity contribution in [2.45, 2.75) is 199 Å². The Morgan fingerprint density at radius 1 is 0.694 bits per heavy atom. The van der Waals surface area contributed by atoms with Crippen molar-refractivity contribution in [1.29, 1.82) is 0 Å². The Morgan fingerprint density at radius 3 is 1.85 bits per heavy atom.